The maximum atomic E-state index is 12.4. The zero-order chi connectivity index (χ0) is 18.1. The summed E-state index contributed by atoms with van der Waals surface area (Å²) in [5, 5.41) is 6.30. The molecule has 8 heteroatoms. The summed E-state index contributed by atoms with van der Waals surface area (Å²) in [5.74, 6) is 1.63. The first-order valence-corrected chi connectivity index (χ1v) is 8.38. The van der Waals surface area contributed by atoms with Gasteiger partial charge < -0.3 is 15.4 Å². The van der Waals surface area contributed by atoms with Crippen LogP contribution in [-0.4, -0.2) is 63.4 Å². The lowest BCUT2D eigenvalue weighted by Gasteiger charge is -2.18. The third-order valence-electron chi connectivity index (χ3n) is 3.96. The highest BCUT2D eigenvalue weighted by Gasteiger charge is 2.34. The number of benzene rings is 1. The van der Waals surface area contributed by atoms with E-state index in [0.717, 1.165) is 12.2 Å². The lowest BCUT2D eigenvalue weighted by molar-refractivity contribution is -0.143. The number of hydrogen-bond acceptors (Lipinski definition) is 3. The number of aliphatic imine (C=N–C) groups is 1. The van der Waals surface area contributed by atoms with E-state index in [1.54, 1.807) is 7.05 Å². The Kier molecular flexibility index (Phi) is 7.36. The molecule has 1 heterocycles. The molecule has 1 aliphatic rings. The van der Waals surface area contributed by atoms with Crippen molar-refractivity contribution in [2.24, 2.45) is 10.9 Å². The van der Waals surface area contributed by atoms with E-state index in [1.807, 2.05) is 30.3 Å². The molecule has 0 aliphatic carbocycles. The van der Waals surface area contributed by atoms with Crippen LogP contribution >= 0.6 is 0 Å². The van der Waals surface area contributed by atoms with Gasteiger partial charge in [0.15, 0.2) is 5.96 Å². The standard InChI is InChI=1S/C17H25F3N4O/c1-21-16(22-8-10-25-15-5-3-2-4-6-15)23-11-14-7-9-24(12-14)13-17(18,19)20/h2-6,14H,7-13H2,1H3,(H2,21,22,23). The molecule has 1 atom stereocenters. The monoisotopic (exact) mass is 358 g/mol. The summed E-state index contributed by atoms with van der Waals surface area (Å²) in [6.45, 7) is 1.80. The predicted octanol–water partition coefficient (Wildman–Crippen LogP) is 2.11. The van der Waals surface area contributed by atoms with Gasteiger partial charge in [0.1, 0.15) is 12.4 Å². The number of guanidine groups is 1. The van der Waals surface area contributed by atoms with Gasteiger partial charge in [-0.15, -0.1) is 0 Å². The Bertz CT molecular complexity index is 536. The Morgan fingerprint density at radius 2 is 2.04 bits per heavy atom. The number of hydrogen-bond donors (Lipinski definition) is 2. The van der Waals surface area contributed by atoms with E-state index in [1.165, 1.54) is 4.90 Å². The number of alkyl halides is 3. The SMILES string of the molecule is CN=C(NCCOc1ccccc1)NCC1CCN(CC(F)(F)F)C1. The molecule has 0 radical (unpaired) electrons. The van der Waals surface area contributed by atoms with Crippen LogP contribution in [0.15, 0.2) is 35.3 Å². The van der Waals surface area contributed by atoms with Gasteiger partial charge in [0.2, 0.25) is 0 Å². The van der Waals surface area contributed by atoms with Crippen molar-refractivity contribution >= 4 is 5.96 Å². The molecule has 1 aliphatic heterocycles. The summed E-state index contributed by atoms with van der Waals surface area (Å²) >= 11 is 0. The quantitative estimate of drug-likeness (QED) is 0.445. The Balaban J connectivity index is 1.61. The van der Waals surface area contributed by atoms with Crippen LogP contribution in [0.1, 0.15) is 6.42 Å². The zero-order valence-electron chi connectivity index (χ0n) is 14.4. The van der Waals surface area contributed by atoms with Crippen molar-refractivity contribution in [2.75, 3.05) is 46.4 Å². The van der Waals surface area contributed by atoms with Crippen molar-refractivity contribution in [3.8, 4) is 5.75 Å². The summed E-state index contributed by atoms with van der Waals surface area (Å²) in [6, 6.07) is 9.52. The summed E-state index contributed by atoms with van der Waals surface area (Å²) in [7, 11) is 1.66. The minimum absolute atomic E-state index is 0.196. The molecule has 1 aromatic rings. The number of ether oxygens (including phenoxy) is 1. The van der Waals surface area contributed by atoms with E-state index in [4.69, 9.17) is 4.74 Å². The fraction of sp³-hybridized carbons (Fsp3) is 0.588. The van der Waals surface area contributed by atoms with E-state index in [0.29, 0.717) is 38.7 Å². The molecule has 2 N–H and O–H groups in total. The number of rotatable bonds is 7. The summed E-state index contributed by atoms with van der Waals surface area (Å²) in [5.41, 5.74) is 0. The second-order valence-electron chi connectivity index (χ2n) is 6.05. The predicted molar refractivity (Wildman–Crippen MR) is 91.9 cm³/mol. The van der Waals surface area contributed by atoms with Crippen molar-refractivity contribution in [3.63, 3.8) is 0 Å². The van der Waals surface area contributed by atoms with Gasteiger partial charge in [0, 0.05) is 20.1 Å². The normalized spacial score (nSPS) is 19.0. The molecule has 1 fully saturated rings. The second-order valence-corrected chi connectivity index (χ2v) is 6.05. The molecule has 2 rings (SSSR count). The van der Waals surface area contributed by atoms with E-state index in [-0.39, 0.29) is 5.92 Å². The van der Waals surface area contributed by atoms with Crippen molar-refractivity contribution in [1.29, 1.82) is 0 Å². The molecule has 5 nitrogen and oxygen atoms in total. The highest BCUT2D eigenvalue weighted by atomic mass is 19.4. The largest absolute Gasteiger partial charge is 0.492 e. The molecule has 0 spiro atoms. The van der Waals surface area contributed by atoms with Crippen LogP contribution in [0.25, 0.3) is 0 Å². The van der Waals surface area contributed by atoms with Crippen LogP contribution in [0, 0.1) is 5.92 Å². The molecule has 25 heavy (non-hydrogen) atoms. The number of para-hydroxylation sites is 1. The van der Waals surface area contributed by atoms with Crippen LogP contribution in [0.2, 0.25) is 0 Å². The van der Waals surface area contributed by atoms with E-state index >= 15 is 0 Å². The molecule has 1 aromatic carbocycles. The number of halogens is 3. The molecule has 0 bridgehead atoms. The van der Waals surface area contributed by atoms with Crippen molar-refractivity contribution in [2.45, 2.75) is 12.6 Å². The van der Waals surface area contributed by atoms with Gasteiger partial charge in [-0.25, -0.2) is 0 Å². The van der Waals surface area contributed by atoms with E-state index in [2.05, 4.69) is 15.6 Å². The van der Waals surface area contributed by atoms with Gasteiger partial charge in [0.05, 0.1) is 13.1 Å². The molecule has 140 valence electrons. The van der Waals surface area contributed by atoms with E-state index in [9.17, 15) is 13.2 Å². The summed E-state index contributed by atoms with van der Waals surface area (Å²) in [6.07, 6.45) is -3.37. The fourth-order valence-corrected chi connectivity index (χ4v) is 2.79. The van der Waals surface area contributed by atoms with Gasteiger partial charge in [-0.2, -0.15) is 13.2 Å². The lowest BCUT2D eigenvalue weighted by atomic mass is 10.1. The minimum Gasteiger partial charge on any atom is -0.492 e. The Morgan fingerprint density at radius 3 is 2.72 bits per heavy atom. The minimum atomic E-state index is -4.13. The van der Waals surface area contributed by atoms with Crippen LogP contribution in [0.4, 0.5) is 13.2 Å². The van der Waals surface area contributed by atoms with E-state index < -0.39 is 12.7 Å². The highest BCUT2D eigenvalue weighted by Crippen LogP contribution is 2.22. The Hall–Kier alpha value is -1.96. The Labute approximate surface area is 146 Å². The van der Waals surface area contributed by atoms with Crippen molar-refractivity contribution in [1.82, 2.24) is 15.5 Å². The molecule has 0 amide bonds. The maximum absolute atomic E-state index is 12.4. The Morgan fingerprint density at radius 1 is 1.28 bits per heavy atom. The van der Waals surface area contributed by atoms with Crippen LogP contribution in [-0.2, 0) is 0 Å². The van der Waals surface area contributed by atoms with Crippen LogP contribution in [0.5, 0.6) is 5.75 Å². The average molecular weight is 358 g/mol. The van der Waals surface area contributed by atoms with Gasteiger partial charge in [-0.1, -0.05) is 18.2 Å². The zero-order valence-corrected chi connectivity index (χ0v) is 14.4. The summed E-state index contributed by atoms with van der Waals surface area (Å²) < 4.78 is 42.8. The third kappa shape index (κ3) is 7.64. The first-order chi connectivity index (χ1) is 12.0. The first-order valence-electron chi connectivity index (χ1n) is 8.38. The van der Waals surface area contributed by atoms with Crippen molar-refractivity contribution in [3.05, 3.63) is 30.3 Å². The van der Waals surface area contributed by atoms with Crippen molar-refractivity contribution < 1.29 is 17.9 Å². The lowest BCUT2D eigenvalue weighted by Crippen LogP contribution is -2.42. The number of likely N-dealkylation sites (tertiary alicyclic amines) is 1. The van der Waals surface area contributed by atoms with Gasteiger partial charge in [-0.3, -0.25) is 9.89 Å². The van der Waals surface area contributed by atoms with Crippen LogP contribution in [0.3, 0.4) is 0 Å². The fourth-order valence-electron chi connectivity index (χ4n) is 2.79. The third-order valence-corrected chi connectivity index (χ3v) is 3.96. The summed E-state index contributed by atoms with van der Waals surface area (Å²) in [4.78, 5) is 5.57. The highest BCUT2D eigenvalue weighted by molar-refractivity contribution is 5.79. The number of nitrogens with one attached hydrogen (secondary N) is 2. The maximum Gasteiger partial charge on any atom is 0.401 e. The van der Waals surface area contributed by atoms with Gasteiger partial charge >= 0.3 is 6.18 Å². The topological polar surface area (TPSA) is 48.9 Å². The molecule has 0 saturated carbocycles. The molecule has 0 aromatic heterocycles. The smallest absolute Gasteiger partial charge is 0.401 e. The average Bonchev–Trinajstić information content (AvgIpc) is 3.00. The molecule has 1 saturated heterocycles. The van der Waals surface area contributed by atoms with Gasteiger partial charge in [0.25, 0.3) is 0 Å². The van der Waals surface area contributed by atoms with Gasteiger partial charge in [-0.05, 0) is 31.0 Å². The van der Waals surface area contributed by atoms with Crippen LogP contribution < -0.4 is 15.4 Å². The molecular weight excluding hydrogens is 333 g/mol. The first kappa shape index (κ1) is 19.4. The second kappa shape index (κ2) is 9.50. The molecular formula is C17H25F3N4O. The number of nitrogens with zero attached hydrogens (tertiary/aromatic N) is 2. The molecule has 1 unspecified atom stereocenters.